The van der Waals surface area contributed by atoms with Crippen molar-refractivity contribution in [2.75, 3.05) is 6.61 Å². The Kier molecular flexibility index (Phi) is 11.2. The molecule has 0 aromatic carbocycles. The zero-order valence-electron chi connectivity index (χ0n) is 26.3. The van der Waals surface area contributed by atoms with E-state index in [1.807, 2.05) is 0 Å². The number of ether oxygens (including phenoxy) is 6. The summed E-state index contributed by atoms with van der Waals surface area (Å²) in [5.74, 6) is -2.32. The van der Waals surface area contributed by atoms with Crippen molar-refractivity contribution in [2.24, 2.45) is 21.7 Å². The highest BCUT2D eigenvalue weighted by atomic mass is 16.7. The smallest absolute Gasteiger partial charge is 0.311 e. The maximum atomic E-state index is 13.2. The molecule has 0 N–H and O–H groups in total. The van der Waals surface area contributed by atoms with Crippen LogP contribution in [-0.2, 0) is 47.6 Å². The quantitative estimate of drug-likeness (QED) is 0.323. The number of rotatable bonds is 7. The molecule has 1 fully saturated rings. The largest absolute Gasteiger partial charge is 0.462 e. The average Bonchev–Trinajstić information content (AvgIpc) is 2.72. The fourth-order valence-electron chi connectivity index (χ4n) is 3.07. The first-order valence-electron chi connectivity index (χ1n) is 13.5. The van der Waals surface area contributed by atoms with Gasteiger partial charge in [-0.3, -0.25) is 19.2 Å². The lowest BCUT2D eigenvalue weighted by Gasteiger charge is -2.46. The van der Waals surface area contributed by atoms with Gasteiger partial charge in [0.2, 0.25) is 0 Å². The molecule has 0 spiro atoms. The predicted octanol–water partition coefficient (Wildman–Crippen LogP) is 4.60. The lowest BCUT2D eigenvalue weighted by Crippen LogP contribution is -2.64. The van der Waals surface area contributed by atoms with E-state index in [1.165, 1.54) is 0 Å². The maximum Gasteiger partial charge on any atom is 0.311 e. The van der Waals surface area contributed by atoms with Gasteiger partial charge in [0, 0.05) is 0 Å². The molecular formula is C29H50O10. The molecule has 0 amide bonds. The molecule has 39 heavy (non-hydrogen) atoms. The van der Waals surface area contributed by atoms with Crippen LogP contribution in [0.3, 0.4) is 0 Å². The molecule has 0 unspecified atom stereocenters. The van der Waals surface area contributed by atoms with Crippen LogP contribution >= 0.6 is 0 Å². The Labute approximate surface area is 233 Å². The molecule has 5 atom stereocenters. The van der Waals surface area contributed by atoms with Gasteiger partial charge in [-0.15, -0.1) is 0 Å². The van der Waals surface area contributed by atoms with E-state index in [0.29, 0.717) is 0 Å². The minimum Gasteiger partial charge on any atom is -0.462 e. The summed E-state index contributed by atoms with van der Waals surface area (Å²) in [7, 11) is 0. The normalized spacial score (nSPS) is 24.6. The third-order valence-corrected chi connectivity index (χ3v) is 5.56. The van der Waals surface area contributed by atoms with Crippen LogP contribution in [0.25, 0.3) is 0 Å². The summed E-state index contributed by atoms with van der Waals surface area (Å²) in [4.78, 5) is 51.9. The summed E-state index contributed by atoms with van der Waals surface area (Å²) in [6, 6.07) is 0. The summed E-state index contributed by atoms with van der Waals surface area (Å²) in [5.41, 5.74) is -3.56. The summed E-state index contributed by atoms with van der Waals surface area (Å²) in [5, 5.41) is 0. The van der Waals surface area contributed by atoms with E-state index >= 15 is 0 Å². The molecule has 0 aliphatic carbocycles. The molecule has 10 nitrogen and oxygen atoms in total. The first kappa shape index (κ1) is 34.8. The first-order chi connectivity index (χ1) is 17.4. The van der Waals surface area contributed by atoms with Crippen molar-refractivity contribution in [3.63, 3.8) is 0 Å². The lowest BCUT2D eigenvalue weighted by molar-refractivity contribution is -0.318. The maximum absolute atomic E-state index is 13.2. The van der Waals surface area contributed by atoms with Gasteiger partial charge < -0.3 is 28.4 Å². The van der Waals surface area contributed by atoms with Crippen LogP contribution in [0.15, 0.2) is 0 Å². The van der Waals surface area contributed by atoms with Crippen LogP contribution in [0.4, 0.5) is 0 Å². The van der Waals surface area contributed by atoms with E-state index in [9.17, 15) is 19.2 Å². The fraction of sp³-hybridized carbons (Fsp3) is 0.862. The van der Waals surface area contributed by atoms with Crippen molar-refractivity contribution in [2.45, 2.75) is 134 Å². The zero-order chi connectivity index (χ0) is 30.7. The molecule has 1 aliphatic rings. The molecule has 10 heteroatoms. The zero-order valence-corrected chi connectivity index (χ0v) is 26.3. The van der Waals surface area contributed by atoms with Gasteiger partial charge in [-0.05, 0) is 96.9 Å². The third-order valence-electron chi connectivity index (χ3n) is 5.56. The average molecular weight is 559 g/mol. The molecule has 1 aliphatic heterocycles. The SMILES string of the molecule is CC(C)O[C@@H]1O[C@H](COC(=O)C(C)(C)C)[C@@H](OC(=O)C(C)(C)C)[C@H](OC(=O)C(C)(C)C)[C@H]1OC(=O)C(C)(C)C. The van der Waals surface area contributed by atoms with Gasteiger partial charge in [0.15, 0.2) is 24.6 Å². The van der Waals surface area contributed by atoms with Crippen molar-refractivity contribution in [1.82, 2.24) is 0 Å². The summed E-state index contributed by atoms with van der Waals surface area (Å²) in [6.07, 6.45) is -6.55. The summed E-state index contributed by atoms with van der Waals surface area (Å²) in [6.45, 7) is 23.4. The molecule has 1 saturated heterocycles. The predicted molar refractivity (Wildman–Crippen MR) is 143 cm³/mol. The van der Waals surface area contributed by atoms with Crippen LogP contribution in [0.2, 0.25) is 0 Å². The highest BCUT2D eigenvalue weighted by Crippen LogP contribution is 2.34. The Bertz CT molecular complexity index is 880. The van der Waals surface area contributed by atoms with Crippen LogP contribution in [0.5, 0.6) is 0 Å². The lowest BCUT2D eigenvalue weighted by atomic mass is 9.93. The molecule has 1 rings (SSSR count). The monoisotopic (exact) mass is 558 g/mol. The van der Waals surface area contributed by atoms with Crippen molar-refractivity contribution in [3.8, 4) is 0 Å². The molecule has 0 aromatic rings. The Morgan fingerprint density at radius 1 is 0.590 bits per heavy atom. The van der Waals surface area contributed by atoms with Crippen LogP contribution in [0, 0.1) is 21.7 Å². The minimum atomic E-state index is -1.31. The van der Waals surface area contributed by atoms with Crippen molar-refractivity contribution in [1.29, 1.82) is 0 Å². The van der Waals surface area contributed by atoms with Gasteiger partial charge in [-0.25, -0.2) is 0 Å². The van der Waals surface area contributed by atoms with Gasteiger partial charge in [0.05, 0.1) is 27.8 Å². The second kappa shape index (κ2) is 12.5. The number of carbonyl (C=O) groups excluding carboxylic acids is 4. The Hall–Kier alpha value is -2.20. The number of hydrogen-bond acceptors (Lipinski definition) is 10. The molecule has 226 valence electrons. The van der Waals surface area contributed by atoms with Crippen molar-refractivity contribution < 1.29 is 47.6 Å². The Balaban J connectivity index is 3.69. The van der Waals surface area contributed by atoms with Gasteiger partial charge in [-0.2, -0.15) is 0 Å². The van der Waals surface area contributed by atoms with Gasteiger partial charge in [0.1, 0.15) is 12.7 Å². The number of carbonyl (C=O) groups is 4. The molecule has 1 heterocycles. The van der Waals surface area contributed by atoms with E-state index in [4.69, 9.17) is 28.4 Å². The Morgan fingerprint density at radius 2 is 0.949 bits per heavy atom. The molecule has 0 radical (unpaired) electrons. The second-order valence-electron chi connectivity index (χ2n) is 14.4. The van der Waals surface area contributed by atoms with E-state index in [1.54, 1.807) is 96.9 Å². The second-order valence-corrected chi connectivity index (χ2v) is 14.4. The molecule has 0 saturated carbocycles. The van der Waals surface area contributed by atoms with E-state index in [0.717, 1.165) is 0 Å². The first-order valence-corrected chi connectivity index (χ1v) is 13.5. The highest BCUT2D eigenvalue weighted by Gasteiger charge is 2.55. The number of esters is 4. The molecule has 0 aromatic heterocycles. The molecule has 0 bridgehead atoms. The minimum absolute atomic E-state index is 0.320. The van der Waals surface area contributed by atoms with Gasteiger partial charge in [-0.1, -0.05) is 0 Å². The van der Waals surface area contributed by atoms with Crippen LogP contribution in [-0.4, -0.2) is 67.3 Å². The van der Waals surface area contributed by atoms with E-state index in [2.05, 4.69) is 0 Å². The summed E-state index contributed by atoms with van der Waals surface area (Å²) >= 11 is 0. The van der Waals surface area contributed by atoms with Gasteiger partial charge in [0.25, 0.3) is 0 Å². The fourth-order valence-corrected chi connectivity index (χ4v) is 3.07. The Morgan fingerprint density at radius 3 is 1.31 bits per heavy atom. The summed E-state index contributed by atoms with van der Waals surface area (Å²) < 4.78 is 35.3. The highest BCUT2D eigenvalue weighted by molar-refractivity contribution is 5.78. The van der Waals surface area contributed by atoms with E-state index < -0.39 is 76.2 Å². The molecular weight excluding hydrogens is 508 g/mol. The number of hydrogen-bond donors (Lipinski definition) is 0. The third kappa shape index (κ3) is 10.4. The standard InChI is InChI=1S/C29H50O10/c1-16(2)35-21-20(39-25(33)29(12,13)14)19(38-24(32)28(9,10)11)18(37-23(31)27(6,7)8)17(36-21)15-34-22(30)26(3,4)5/h16-21H,15H2,1-14H3/t17-,18-,19+,20-,21-/m1/s1. The topological polar surface area (TPSA) is 124 Å². The van der Waals surface area contributed by atoms with Crippen molar-refractivity contribution >= 4 is 23.9 Å². The van der Waals surface area contributed by atoms with E-state index in [-0.39, 0.29) is 12.7 Å². The van der Waals surface area contributed by atoms with Crippen LogP contribution in [0.1, 0.15) is 96.9 Å². The van der Waals surface area contributed by atoms with Crippen molar-refractivity contribution in [3.05, 3.63) is 0 Å². The van der Waals surface area contributed by atoms with Crippen LogP contribution < -0.4 is 0 Å². The van der Waals surface area contributed by atoms with Gasteiger partial charge >= 0.3 is 23.9 Å².